The molecular formula is C14H22N2O2. The minimum Gasteiger partial charge on any atom is -0.495 e. The van der Waals surface area contributed by atoms with Gasteiger partial charge >= 0.3 is 0 Å². The Balaban J connectivity index is 3.19. The fourth-order valence-electron chi connectivity index (χ4n) is 1.75. The summed E-state index contributed by atoms with van der Waals surface area (Å²) >= 11 is 0. The summed E-state index contributed by atoms with van der Waals surface area (Å²) in [5.74, 6) is 0.943. The predicted molar refractivity (Wildman–Crippen MR) is 74.1 cm³/mol. The van der Waals surface area contributed by atoms with Crippen LogP contribution in [-0.4, -0.2) is 26.1 Å². The minimum absolute atomic E-state index is 0.130. The van der Waals surface area contributed by atoms with E-state index in [0.29, 0.717) is 11.7 Å². The van der Waals surface area contributed by atoms with Crippen LogP contribution in [0.2, 0.25) is 0 Å². The lowest BCUT2D eigenvalue weighted by molar-refractivity contribution is -0.119. The van der Waals surface area contributed by atoms with Gasteiger partial charge in [0.05, 0.1) is 18.8 Å². The molecule has 1 atom stereocenters. The molecule has 0 bridgehead atoms. The highest BCUT2D eigenvalue weighted by Crippen LogP contribution is 2.31. The van der Waals surface area contributed by atoms with Gasteiger partial charge in [-0.05, 0) is 30.5 Å². The summed E-state index contributed by atoms with van der Waals surface area (Å²) in [5, 5.41) is 0. The Morgan fingerprint density at radius 3 is 2.39 bits per heavy atom. The van der Waals surface area contributed by atoms with Crippen LogP contribution >= 0.6 is 0 Å². The van der Waals surface area contributed by atoms with Gasteiger partial charge in [-0.3, -0.25) is 4.79 Å². The second-order valence-corrected chi connectivity index (χ2v) is 4.77. The first kappa shape index (κ1) is 14.5. The molecule has 1 rings (SSSR count). The molecule has 0 aliphatic heterocycles. The van der Waals surface area contributed by atoms with Crippen LogP contribution in [0.15, 0.2) is 18.2 Å². The van der Waals surface area contributed by atoms with Crippen LogP contribution in [0.3, 0.4) is 0 Å². The van der Waals surface area contributed by atoms with E-state index in [-0.39, 0.29) is 5.91 Å². The van der Waals surface area contributed by atoms with Crippen molar-refractivity contribution in [3.8, 4) is 5.75 Å². The largest absolute Gasteiger partial charge is 0.495 e. The van der Waals surface area contributed by atoms with E-state index < -0.39 is 6.04 Å². The van der Waals surface area contributed by atoms with Crippen molar-refractivity contribution in [1.29, 1.82) is 0 Å². The summed E-state index contributed by atoms with van der Waals surface area (Å²) < 4.78 is 5.30. The summed E-state index contributed by atoms with van der Waals surface area (Å²) in [6.07, 6.45) is 0. The number of ether oxygens (including phenoxy) is 1. The molecule has 0 saturated carbocycles. The van der Waals surface area contributed by atoms with Gasteiger partial charge in [0.1, 0.15) is 5.75 Å². The predicted octanol–water partition coefficient (Wildman–Crippen LogP) is 2.13. The zero-order valence-electron chi connectivity index (χ0n) is 11.7. The van der Waals surface area contributed by atoms with Gasteiger partial charge in [-0.25, -0.2) is 0 Å². The number of amides is 1. The van der Waals surface area contributed by atoms with Gasteiger partial charge in [0, 0.05) is 7.05 Å². The third kappa shape index (κ3) is 3.01. The van der Waals surface area contributed by atoms with Crippen LogP contribution in [0.5, 0.6) is 5.75 Å². The van der Waals surface area contributed by atoms with E-state index in [0.717, 1.165) is 11.3 Å². The summed E-state index contributed by atoms with van der Waals surface area (Å²) in [5.41, 5.74) is 7.55. The minimum atomic E-state index is -0.526. The third-order valence-electron chi connectivity index (χ3n) is 2.95. The zero-order chi connectivity index (χ0) is 13.9. The number of hydrogen-bond acceptors (Lipinski definition) is 3. The van der Waals surface area contributed by atoms with Gasteiger partial charge in [0.2, 0.25) is 5.91 Å². The Hall–Kier alpha value is -1.55. The smallest absolute Gasteiger partial charge is 0.243 e. The van der Waals surface area contributed by atoms with Crippen LogP contribution in [0.4, 0.5) is 5.69 Å². The molecule has 0 spiro atoms. The van der Waals surface area contributed by atoms with Crippen molar-refractivity contribution in [3.05, 3.63) is 23.8 Å². The number of rotatable bonds is 4. The quantitative estimate of drug-likeness (QED) is 0.890. The molecule has 1 aromatic rings. The summed E-state index contributed by atoms with van der Waals surface area (Å²) in [6, 6.07) is 5.35. The number of carbonyl (C=O) groups excluding carboxylic acids is 1. The van der Waals surface area contributed by atoms with Crippen LogP contribution in [0.25, 0.3) is 0 Å². The number of methoxy groups -OCH3 is 1. The number of likely N-dealkylation sites (N-methyl/N-ethyl adjacent to an activating group) is 1. The summed E-state index contributed by atoms with van der Waals surface area (Å²) in [6.45, 7) is 5.90. The van der Waals surface area contributed by atoms with E-state index in [2.05, 4.69) is 13.8 Å². The summed E-state index contributed by atoms with van der Waals surface area (Å²) in [4.78, 5) is 13.5. The number of anilines is 1. The van der Waals surface area contributed by atoms with E-state index in [9.17, 15) is 4.79 Å². The van der Waals surface area contributed by atoms with Gasteiger partial charge in [-0.1, -0.05) is 19.9 Å². The summed E-state index contributed by atoms with van der Waals surface area (Å²) in [7, 11) is 3.31. The topological polar surface area (TPSA) is 55.6 Å². The first-order valence-electron chi connectivity index (χ1n) is 6.09. The van der Waals surface area contributed by atoms with Crippen molar-refractivity contribution in [2.75, 3.05) is 19.1 Å². The molecule has 4 nitrogen and oxygen atoms in total. The van der Waals surface area contributed by atoms with Crippen molar-refractivity contribution < 1.29 is 9.53 Å². The monoisotopic (exact) mass is 250 g/mol. The molecule has 1 amide bonds. The van der Waals surface area contributed by atoms with Crippen LogP contribution in [0, 0.1) is 0 Å². The van der Waals surface area contributed by atoms with Crippen LogP contribution in [-0.2, 0) is 4.79 Å². The first-order chi connectivity index (χ1) is 8.38. The van der Waals surface area contributed by atoms with E-state index in [4.69, 9.17) is 10.5 Å². The molecule has 0 aliphatic carbocycles. The fourth-order valence-corrected chi connectivity index (χ4v) is 1.75. The Kier molecular flexibility index (Phi) is 4.73. The lowest BCUT2D eigenvalue weighted by atomic mass is 10.0. The van der Waals surface area contributed by atoms with Gasteiger partial charge in [-0.15, -0.1) is 0 Å². The number of carbonyl (C=O) groups is 1. The molecule has 18 heavy (non-hydrogen) atoms. The molecule has 0 radical (unpaired) electrons. The lowest BCUT2D eigenvalue weighted by Crippen LogP contribution is -2.40. The van der Waals surface area contributed by atoms with Gasteiger partial charge < -0.3 is 15.4 Å². The standard InChI is InChI=1S/C14H22N2O2/c1-9(2)11-6-7-13(18-5)12(8-11)16(4)14(17)10(3)15/h6-10H,15H2,1-5H3. The fraction of sp³-hybridized carbons (Fsp3) is 0.500. The van der Waals surface area contributed by atoms with Crippen LogP contribution < -0.4 is 15.4 Å². The Morgan fingerprint density at radius 1 is 1.33 bits per heavy atom. The number of nitrogens with two attached hydrogens (primary N) is 1. The molecule has 2 N–H and O–H groups in total. The number of hydrogen-bond donors (Lipinski definition) is 1. The highest BCUT2D eigenvalue weighted by molar-refractivity contribution is 5.97. The highest BCUT2D eigenvalue weighted by atomic mass is 16.5. The van der Waals surface area contributed by atoms with Crippen molar-refractivity contribution in [1.82, 2.24) is 0 Å². The van der Waals surface area contributed by atoms with Crippen molar-refractivity contribution in [2.45, 2.75) is 32.7 Å². The Morgan fingerprint density at radius 2 is 1.94 bits per heavy atom. The maximum atomic E-state index is 11.9. The molecule has 0 heterocycles. The van der Waals surface area contributed by atoms with Crippen molar-refractivity contribution >= 4 is 11.6 Å². The first-order valence-corrected chi connectivity index (χ1v) is 6.09. The third-order valence-corrected chi connectivity index (χ3v) is 2.95. The van der Waals surface area contributed by atoms with Gasteiger partial charge in [0.25, 0.3) is 0 Å². The van der Waals surface area contributed by atoms with Crippen molar-refractivity contribution in [3.63, 3.8) is 0 Å². The normalized spacial score (nSPS) is 12.4. The van der Waals surface area contributed by atoms with Gasteiger partial charge in [-0.2, -0.15) is 0 Å². The van der Waals surface area contributed by atoms with E-state index in [1.54, 1.807) is 26.0 Å². The molecule has 0 fully saturated rings. The Labute approximate surface area is 109 Å². The zero-order valence-corrected chi connectivity index (χ0v) is 11.7. The molecule has 1 unspecified atom stereocenters. The molecule has 1 aromatic carbocycles. The second-order valence-electron chi connectivity index (χ2n) is 4.77. The maximum absolute atomic E-state index is 11.9. The molecule has 0 aliphatic rings. The van der Waals surface area contributed by atoms with Crippen molar-refractivity contribution in [2.24, 2.45) is 5.73 Å². The highest BCUT2D eigenvalue weighted by Gasteiger charge is 2.19. The number of nitrogens with zero attached hydrogens (tertiary/aromatic N) is 1. The van der Waals surface area contributed by atoms with E-state index in [1.807, 2.05) is 18.2 Å². The molecule has 100 valence electrons. The number of benzene rings is 1. The maximum Gasteiger partial charge on any atom is 0.243 e. The average Bonchev–Trinajstić information content (AvgIpc) is 2.35. The lowest BCUT2D eigenvalue weighted by Gasteiger charge is -2.23. The Bertz CT molecular complexity index is 428. The van der Waals surface area contributed by atoms with Crippen LogP contribution in [0.1, 0.15) is 32.3 Å². The molecule has 4 heteroatoms. The second kappa shape index (κ2) is 5.87. The van der Waals surface area contributed by atoms with E-state index in [1.165, 1.54) is 0 Å². The van der Waals surface area contributed by atoms with E-state index >= 15 is 0 Å². The average molecular weight is 250 g/mol. The molecule has 0 aromatic heterocycles. The molecular weight excluding hydrogens is 228 g/mol. The molecule has 0 saturated heterocycles. The SMILES string of the molecule is COc1ccc(C(C)C)cc1N(C)C(=O)C(C)N. The van der Waals surface area contributed by atoms with Gasteiger partial charge in [0.15, 0.2) is 0 Å².